The Morgan fingerprint density at radius 1 is 0.783 bits per heavy atom. The van der Waals surface area contributed by atoms with E-state index in [0.717, 1.165) is 46.2 Å². The summed E-state index contributed by atoms with van der Waals surface area (Å²) in [6.07, 6.45) is 2.01. The average Bonchev–Trinajstić information content (AvgIpc) is 3.03. The Hall–Kier alpha value is -4.43. The highest BCUT2D eigenvalue weighted by Crippen LogP contribution is 2.29. The van der Waals surface area contributed by atoms with Gasteiger partial charge in [0.05, 0.1) is 10.6 Å². The number of sulfonamides is 1. The predicted octanol–water partition coefficient (Wildman–Crippen LogP) is 6.67. The summed E-state index contributed by atoms with van der Waals surface area (Å²) in [5.74, 6) is -0.734. The summed E-state index contributed by atoms with van der Waals surface area (Å²) >= 11 is 0. The highest BCUT2D eigenvalue weighted by atomic mass is 32.2. The largest absolute Gasteiger partial charge is 0.354 e. The quantitative estimate of drug-likeness (QED) is 0.156. The first-order valence-electron chi connectivity index (χ1n) is 15.8. The zero-order valence-corrected chi connectivity index (χ0v) is 28.3. The molecule has 4 rings (SSSR count). The predicted molar refractivity (Wildman–Crippen MR) is 185 cm³/mol. The number of aryl methyl sites for hydroxylation is 3. The van der Waals surface area contributed by atoms with Crippen LogP contribution in [0.25, 0.3) is 0 Å². The normalized spacial score (nSPS) is 11.9. The fraction of sp³-hybridized carbons (Fsp3) is 0.316. The maximum absolute atomic E-state index is 14.7. The monoisotopic (exact) mass is 639 g/mol. The summed E-state index contributed by atoms with van der Waals surface area (Å²) < 4.78 is 29.8. The summed E-state index contributed by atoms with van der Waals surface area (Å²) in [6.45, 7) is 9.86. The van der Waals surface area contributed by atoms with Gasteiger partial charge in [0.2, 0.25) is 11.8 Å². The van der Waals surface area contributed by atoms with Crippen molar-refractivity contribution in [3.8, 4) is 0 Å². The molecule has 46 heavy (non-hydrogen) atoms. The highest BCUT2D eigenvalue weighted by molar-refractivity contribution is 7.92. The van der Waals surface area contributed by atoms with Crippen molar-refractivity contribution >= 4 is 27.5 Å². The van der Waals surface area contributed by atoms with E-state index >= 15 is 0 Å². The molecule has 4 aromatic rings. The molecule has 0 saturated heterocycles. The van der Waals surface area contributed by atoms with Crippen molar-refractivity contribution in [3.05, 3.63) is 130 Å². The van der Waals surface area contributed by atoms with Crippen molar-refractivity contribution in [2.24, 2.45) is 0 Å². The molecule has 2 amide bonds. The molecule has 0 fully saturated rings. The van der Waals surface area contributed by atoms with Gasteiger partial charge in [0.15, 0.2) is 0 Å². The van der Waals surface area contributed by atoms with Gasteiger partial charge in [0, 0.05) is 19.5 Å². The van der Waals surface area contributed by atoms with Crippen LogP contribution in [0.5, 0.6) is 0 Å². The van der Waals surface area contributed by atoms with Crippen molar-refractivity contribution in [2.45, 2.75) is 71.4 Å². The number of anilines is 1. The molecule has 0 saturated carbocycles. The number of nitrogens with one attached hydrogen (secondary N) is 1. The topological polar surface area (TPSA) is 86.8 Å². The van der Waals surface area contributed by atoms with Gasteiger partial charge in [0.1, 0.15) is 12.6 Å². The van der Waals surface area contributed by atoms with E-state index < -0.39 is 28.5 Å². The lowest BCUT2D eigenvalue weighted by Crippen LogP contribution is -2.53. The molecule has 7 nitrogen and oxygen atoms in total. The van der Waals surface area contributed by atoms with E-state index in [0.29, 0.717) is 12.2 Å². The van der Waals surface area contributed by atoms with Gasteiger partial charge < -0.3 is 10.2 Å². The summed E-state index contributed by atoms with van der Waals surface area (Å²) in [5, 5.41) is 3.03. The van der Waals surface area contributed by atoms with Crippen molar-refractivity contribution in [2.75, 3.05) is 17.4 Å². The third-order valence-electron chi connectivity index (χ3n) is 8.27. The second-order valence-electron chi connectivity index (χ2n) is 11.9. The van der Waals surface area contributed by atoms with Crippen LogP contribution in [0.4, 0.5) is 5.69 Å². The minimum Gasteiger partial charge on any atom is -0.354 e. The van der Waals surface area contributed by atoms with Crippen LogP contribution in [0.2, 0.25) is 0 Å². The van der Waals surface area contributed by atoms with E-state index in [1.807, 2.05) is 88.4 Å². The highest BCUT2D eigenvalue weighted by Gasteiger charge is 2.35. The maximum atomic E-state index is 14.7. The van der Waals surface area contributed by atoms with Crippen LogP contribution in [0.3, 0.4) is 0 Å². The first kappa shape index (κ1) is 34.4. The van der Waals surface area contributed by atoms with Gasteiger partial charge in [-0.2, -0.15) is 0 Å². The second kappa shape index (κ2) is 15.7. The molecule has 0 aliphatic heterocycles. The number of rotatable bonds is 14. The van der Waals surface area contributed by atoms with Crippen LogP contribution in [0.15, 0.2) is 102 Å². The van der Waals surface area contributed by atoms with Crippen LogP contribution in [0.1, 0.15) is 53.1 Å². The average molecular weight is 640 g/mol. The molecule has 242 valence electrons. The Kier molecular flexibility index (Phi) is 11.8. The van der Waals surface area contributed by atoms with Crippen LogP contribution in [0, 0.1) is 27.7 Å². The fourth-order valence-corrected chi connectivity index (χ4v) is 6.90. The Bertz CT molecular complexity index is 1740. The van der Waals surface area contributed by atoms with Gasteiger partial charge in [-0.15, -0.1) is 0 Å². The van der Waals surface area contributed by atoms with E-state index in [1.54, 1.807) is 41.3 Å². The molecule has 1 atom stereocenters. The van der Waals surface area contributed by atoms with Gasteiger partial charge in [-0.3, -0.25) is 13.9 Å². The van der Waals surface area contributed by atoms with Crippen molar-refractivity contribution in [3.63, 3.8) is 0 Å². The third-order valence-corrected chi connectivity index (χ3v) is 10.0. The molecule has 0 aromatic heterocycles. The lowest BCUT2D eigenvalue weighted by molar-refractivity contribution is -0.140. The second-order valence-corrected chi connectivity index (χ2v) is 13.8. The van der Waals surface area contributed by atoms with E-state index in [9.17, 15) is 18.0 Å². The standard InChI is InChI=1S/C38H45N3O4S/c1-6-7-23-39-38(43)36(25-32-15-9-8-10-16-32)40(26-33-17-11-13-29(3)24-33)37(42)27-41(35-18-12-14-30(4)31(35)5)46(44,45)34-21-19-28(2)20-22-34/h8-22,24,36H,6-7,23,25-27H2,1-5H3,(H,39,43)/t36-/m0/s1. The van der Waals surface area contributed by atoms with Crippen LogP contribution in [-0.2, 0) is 32.6 Å². The van der Waals surface area contributed by atoms with E-state index in [1.165, 1.54) is 4.31 Å². The van der Waals surface area contributed by atoms with Gasteiger partial charge in [0.25, 0.3) is 10.0 Å². The smallest absolute Gasteiger partial charge is 0.264 e. The lowest BCUT2D eigenvalue weighted by Gasteiger charge is -2.34. The molecular weight excluding hydrogens is 595 g/mol. The number of carbonyl (C=O) groups is 2. The molecule has 0 aliphatic carbocycles. The Morgan fingerprint density at radius 3 is 2.13 bits per heavy atom. The van der Waals surface area contributed by atoms with Gasteiger partial charge in [-0.25, -0.2) is 8.42 Å². The summed E-state index contributed by atoms with van der Waals surface area (Å²) in [5.41, 5.74) is 5.80. The zero-order chi connectivity index (χ0) is 33.3. The maximum Gasteiger partial charge on any atom is 0.264 e. The molecule has 8 heteroatoms. The molecule has 0 aliphatic rings. The van der Waals surface area contributed by atoms with Crippen LogP contribution >= 0.6 is 0 Å². The zero-order valence-electron chi connectivity index (χ0n) is 27.5. The Morgan fingerprint density at radius 2 is 1.46 bits per heavy atom. The fourth-order valence-electron chi connectivity index (χ4n) is 5.42. The van der Waals surface area contributed by atoms with Crippen molar-refractivity contribution < 1.29 is 18.0 Å². The van der Waals surface area contributed by atoms with Crippen molar-refractivity contribution in [1.82, 2.24) is 10.2 Å². The number of benzene rings is 4. The summed E-state index contributed by atoms with van der Waals surface area (Å²) in [7, 11) is -4.16. The third kappa shape index (κ3) is 8.63. The molecule has 0 unspecified atom stereocenters. The lowest BCUT2D eigenvalue weighted by atomic mass is 10.0. The van der Waals surface area contributed by atoms with Crippen LogP contribution in [-0.4, -0.2) is 44.3 Å². The number of nitrogens with zero attached hydrogens (tertiary/aromatic N) is 2. The minimum atomic E-state index is -4.16. The Labute approximate surface area is 274 Å². The molecule has 0 heterocycles. The number of hydrogen-bond acceptors (Lipinski definition) is 4. The van der Waals surface area contributed by atoms with E-state index in [2.05, 4.69) is 12.2 Å². The SMILES string of the molecule is CCCCNC(=O)[C@H](Cc1ccccc1)N(Cc1cccc(C)c1)C(=O)CN(c1cccc(C)c1C)S(=O)(=O)c1ccc(C)cc1. The summed E-state index contributed by atoms with van der Waals surface area (Å²) in [6, 6.07) is 28.6. The molecule has 0 bridgehead atoms. The van der Waals surface area contributed by atoms with E-state index in [4.69, 9.17) is 0 Å². The van der Waals surface area contributed by atoms with Gasteiger partial charge in [-0.1, -0.05) is 103 Å². The molecule has 0 radical (unpaired) electrons. The number of unbranched alkanes of at least 4 members (excludes halogenated alkanes) is 1. The number of carbonyl (C=O) groups excluding carboxylic acids is 2. The molecule has 1 N–H and O–H groups in total. The first-order chi connectivity index (χ1) is 22.0. The van der Waals surface area contributed by atoms with E-state index in [-0.39, 0.29) is 23.8 Å². The molecule has 0 spiro atoms. The number of hydrogen-bond donors (Lipinski definition) is 1. The summed E-state index contributed by atoms with van der Waals surface area (Å²) in [4.78, 5) is 30.2. The van der Waals surface area contributed by atoms with Gasteiger partial charge in [-0.05, 0) is 74.6 Å². The molecular formula is C38H45N3O4S. The first-order valence-corrected chi connectivity index (χ1v) is 17.3. The Balaban J connectivity index is 1.82. The van der Waals surface area contributed by atoms with Gasteiger partial charge >= 0.3 is 0 Å². The molecule has 4 aromatic carbocycles. The number of amides is 2. The van der Waals surface area contributed by atoms with Crippen LogP contribution < -0.4 is 9.62 Å². The minimum absolute atomic E-state index is 0.0928. The van der Waals surface area contributed by atoms with Crippen molar-refractivity contribution in [1.29, 1.82) is 0 Å².